The van der Waals surface area contributed by atoms with Crippen molar-refractivity contribution < 1.29 is 9.47 Å². The van der Waals surface area contributed by atoms with Gasteiger partial charge in [-0.15, -0.1) is 0 Å². The predicted molar refractivity (Wildman–Crippen MR) is 35.1 cm³/mol. The molecule has 1 unspecified atom stereocenters. The third-order valence-electron chi connectivity index (χ3n) is 1.46. The third kappa shape index (κ3) is 1.98. The summed E-state index contributed by atoms with van der Waals surface area (Å²) in [5.41, 5.74) is 0. The summed E-state index contributed by atoms with van der Waals surface area (Å²) < 4.78 is 10.3. The standard InChI is InChI=1S/C7H11NO2/c1-6(5-8)4-7-9-2-3-10-7/h6-7H,2-4H2,1H3. The van der Waals surface area contributed by atoms with Crippen molar-refractivity contribution in [2.24, 2.45) is 5.92 Å². The molecule has 0 aromatic heterocycles. The molecule has 10 heavy (non-hydrogen) atoms. The van der Waals surface area contributed by atoms with Gasteiger partial charge in [0.1, 0.15) is 0 Å². The molecule has 0 amide bonds. The molecule has 0 bridgehead atoms. The van der Waals surface area contributed by atoms with Crippen LogP contribution in [0.3, 0.4) is 0 Å². The molecule has 1 heterocycles. The average Bonchev–Trinajstić information content (AvgIpc) is 2.40. The Morgan fingerprint density at radius 1 is 1.60 bits per heavy atom. The first-order chi connectivity index (χ1) is 4.83. The molecule has 1 saturated heterocycles. The van der Waals surface area contributed by atoms with Crippen LogP contribution in [0.2, 0.25) is 0 Å². The summed E-state index contributed by atoms with van der Waals surface area (Å²) in [4.78, 5) is 0. The van der Waals surface area contributed by atoms with Crippen molar-refractivity contribution in [1.29, 1.82) is 5.26 Å². The summed E-state index contributed by atoms with van der Waals surface area (Å²) in [7, 11) is 0. The molecule has 3 heteroatoms. The van der Waals surface area contributed by atoms with Gasteiger partial charge in [0.15, 0.2) is 6.29 Å². The molecular formula is C7H11NO2. The van der Waals surface area contributed by atoms with E-state index in [1.54, 1.807) is 0 Å². The number of hydrogen-bond acceptors (Lipinski definition) is 3. The zero-order valence-electron chi connectivity index (χ0n) is 6.04. The van der Waals surface area contributed by atoms with Gasteiger partial charge in [0.2, 0.25) is 0 Å². The summed E-state index contributed by atoms with van der Waals surface area (Å²) >= 11 is 0. The summed E-state index contributed by atoms with van der Waals surface area (Å²) in [6.07, 6.45) is 0.561. The van der Waals surface area contributed by atoms with Gasteiger partial charge in [-0.25, -0.2) is 0 Å². The highest BCUT2D eigenvalue weighted by Crippen LogP contribution is 2.13. The highest BCUT2D eigenvalue weighted by molar-refractivity contribution is 4.79. The quantitative estimate of drug-likeness (QED) is 0.574. The van der Waals surface area contributed by atoms with E-state index in [0.717, 1.165) is 0 Å². The van der Waals surface area contributed by atoms with E-state index in [-0.39, 0.29) is 12.2 Å². The van der Waals surface area contributed by atoms with Crippen molar-refractivity contribution in [2.75, 3.05) is 13.2 Å². The summed E-state index contributed by atoms with van der Waals surface area (Å²) in [6.45, 7) is 3.21. The van der Waals surface area contributed by atoms with E-state index in [0.29, 0.717) is 19.6 Å². The fraction of sp³-hybridized carbons (Fsp3) is 0.857. The van der Waals surface area contributed by atoms with Gasteiger partial charge in [-0.3, -0.25) is 0 Å². The fourth-order valence-electron chi connectivity index (χ4n) is 0.885. The van der Waals surface area contributed by atoms with Gasteiger partial charge in [0, 0.05) is 12.3 Å². The molecule has 0 spiro atoms. The van der Waals surface area contributed by atoms with Crippen molar-refractivity contribution >= 4 is 0 Å². The highest BCUT2D eigenvalue weighted by atomic mass is 16.7. The first kappa shape index (κ1) is 7.52. The zero-order chi connectivity index (χ0) is 7.40. The maximum atomic E-state index is 8.43. The summed E-state index contributed by atoms with van der Waals surface area (Å²) in [5, 5.41) is 8.43. The van der Waals surface area contributed by atoms with E-state index in [4.69, 9.17) is 14.7 Å². The Balaban J connectivity index is 2.19. The first-order valence-electron chi connectivity index (χ1n) is 3.45. The van der Waals surface area contributed by atoms with Crippen molar-refractivity contribution in [3.63, 3.8) is 0 Å². The predicted octanol–water partition coefficient (Wildman–Crippen LogP) is 0.909. The van der Waals surface area contributed by atoms with Gasteiger partial charge in [-0.05, 0) is 6.92 Å². The molecule has 0 aromatic carbocycles. The third-order valence-corrected chi connectivity index (χ3v) is 1.46. The molecule has 0 N–H and O–H groups in total. The van der Waals surface area contributed by atoms with E-state index >= 15 is 0 Å². The lowest BCUT2D eigenvalue weighted by molar-refractivity contribution is -0.0517. The Kier molecular flexibility index (Phi) is 2.67. The Bertz CT molecular complexity index is 135. The van der Waals surface area contributed by atoms with Gasteiger partial charge in [0.25, 0.3) is 0 Å². The maximum absolute atomic E-state index is 8.43. The van der Waals surface area contributed by atoms with Crippen LogP contribution < -0.4 is 0 Å². The van der Waals surface area contributed by atoms with Crippen LogP contribution in [0, 0.1) is 17.2 Å². The van der Waals surface area contributed by atoms with Crippen LogP contribution in [0.15, 0.2) is 0 Å². The fourth-order valence-corrected chi connectivity index (χ4v) is 0.885. The molecule has 1 atom stereocenters. The van der Waals surface area contributed by atoms with Crippen molar-refractivity contribution in [3.8, 4) is 6.07 Å². The van der Waals surface area contributed by atoms with E-state index in [9.17, 15) is 0 Å². The molecule has 0 aliphatic carbocycles. The first-order valence-corrected chi connectivity index (χ1v) is 3.45. The van der Waals surface area contributed by atoms with Gasteiger partial charge < -0.3 is 9.47 Å². The Morgan fingerprint density at radius 3 is 2.70 bits per heavy atom. The second kappa shape index (κ2) is 3.55. The lowest BCUT2D eigenvalue weighted by Crippen LogP contribution is -2.11. The van der Waals surface area contributed by atoms with Crippen LogP contribution in [-0.4, -0.2) is 19.5 Å². The van der Waals surface area contributed by atoms with E-state index in [1.807, 2.05) is 6.92 Å². The molecule has 1 fully saturated rings. The normalized spacial score (nSPS) is 22.4. The van der Waals surface area contributed by atoms with Crippen LogP contribution in [0.25, 0.3) is 0 Å². The minimum Gasteiger partial charge on any atom is -0.350 e. The molecule has 1 aliphatic heterocycles. The van der Waals surface area contributed by atoms with E-state index in [2.05, 4.69) is 6.07 Å². The Morgan fingerprint density at radius 2 is 2.20 bits per heavy atom. The average molecular weight is 141 g/mol. The van der Waals surface area contributed by atoms with Gasteiger partial charge in [-0.2, -0.15) is 5.26 Å². The topological polar surface area (TPSA) is 42.2 Å². The van der Waals surface area contributed by atoms with Crippen molar-refractivity contribution in [3.05, 3.63) is 0 Å². The smallest absolute Gasteiger partial charge is 0.159 e. The maximum Gasteiger partial charge on any atom is 0.159 e. The Hall–Kier alpha value is -0.590. The number of hydrogen-bond donors (Lipinski definition) is 0. The number of rotatable bonds is 2. The number of ether oxygens (including phenoxy) is 2. The van der Waals surface area contributed by atoms with E-state index < -0.39 is 0 Å². The molecule has 0 aromatic rings. The second-order valence-electron chi connectivity index (χ2n) is 2.44. The van der Waals surface area contributed by atoms with Gasteiger partial charge in [-0.1, -0.05) is 0 Å². The molecule has 1 rings (SSSR count). The van der Waals surface area contributed by atoms with Crippen LogP contribution in [0.4, 0.5) is 0 Å². The molecule has 1 aliphatic rings. The highest BCUT2D eigenvalue weighted by Gasteiger charge is 2.18. The number of nitrogens with zero attached hydrogens (tertiary/aromatic N) is 1. The zero-order valence-corrected chi connectivity index (χ0v) is 6.04. The molecular weight excluding hydrogens is 130 g/mol. The summed E-state index contributed by atoms with van der Waals surface area (Å²) in [5.74, 6) is 0.0306. The Labute approximate surface area is 60.5 Å². The monoisotopic (exact) mass is 141 g/mol. The summed E-state index contributed by atoms with van der Waals surface area (Å²) in [6, 6.07) is 2.13. The van der Waals surface area contributed by atoms with E-state index in [1.165, 1.54) is 0 Å². The van der Waals surface area contributed by atoms with Crippen LogP contribution >= 0.6 is 0 Å². The lowest BCUT2D eigenvalue weighted by Gasteiger charge is -2.08. The molecule has 3 nitrogen and oxygen atoms in total. The van der Waals surface area contributed by atoms with Crippen molar-refractivity contribution in [1.82, 2.24) is 0 Å². The second-order valence-corrected chi connectivity index (χ2v) is 2.44. The molecule has 0 radical (unpaired) electrons. The molecule has 56 valence electrons. The minimum absolute atomic E-state index is 0.0306. The van der Waals surface area contributed by atoms with Crippen LogP contribution in [0.1, 0.15) is 13.3 Å². The van der Waals surface area contributed by atoms with Gasteiger partial charge in [0.05, 0.1) is 19.3 Å². The largest absolute Gasteiger partial charge is 0.350 e. The van der Waals surface area contributed by atoms with Crippen molar-refractivity contribution in [2.45, 2.75) is 19.6 Å². The van der Waals surface area contributed by atoms with Crippen LogP contribution in [-0.2, 0) is 9.47 Å². The van der Waals surface area contributed by atoms with Gasteiger partial charge >= 0.3 is 0 Å². The molecule has 0 saturated carbocycles. The van der Waals surface area contributed by atoms with Crippen LogP contribution in [0.5, 0.6) is 0 Å². The lowest BCUT2D eigenvalue weighted by atomic mass is 10.1. The number of nitriles is 1. The SMILES string of the molecule is CC(C#N)CC1OCCO1. The minimum atomic E-state index is -0.130.